The molecule has 0 bridgehead atoms. The molecular weight excluding hydrogens is 638 g/mol. The molecule has 3 heterocycles. The number of aliphatic hydroxyl groups is 4. The molecule has 3 fully saturated rings. The molecule has 18 atom stereocenters. The Balaban J connectivity index is 2.10. The summed E-state index contributed by atoms with van der Waals surface area (Å²) in [6.07, 6.45) is -8.96. The number of Topliss-reactive ketones (excluding diaryl/α,β-unsaturated/α-hetero) is 1. The van der Waals surface area contributed by atoms with Crippen molar-refractivity contribution in [1.82, 2.24) is 4.90 Å². The van der Waals surface area contributed by atoms with Crippen LogP contribution in [0.1, 0.15) is 88.0 Å². The van der Waals surface area contributed by atoms with Gasteiger partial charge >= 0.3 is 5.97 Å². The van der Waals surface area contributed by atoms with Crippen LogP contribution in [0.2, 0.25) is 0 Å². The Hall–Kier alpha value is -1.26. The number of ketones is 1. The summed E-state index contributed by atoms with van der Waals surface area (Å²) in [5.74, 6) is -4.47. The maximum absolute atomic E-state index is 14.0. The lowest BCUT2D eigenvalue weighted by Crippen LogP contribution is -2.59. The minimum atomic E-state index is -1.26. The lowest BCUT2D eigenvalue weighted by Gasteiger charge is -2.47. The number of hydrogen-bond donors (Lipinski definition) is 4. The number of likely N-dealkylation sites (N-methyl/N-ethyl adjacent to an activating group) is 1. The van der Waals surface area contributed by atoms with Gasteiger partial charge in [0.15, 0.2) is 12.6 Å². The fourth-order valence-electron chi connectivity index (χ4n) is 7.89. The molecule has 3 saturated heterocycles. The predicted octanol–water partition coefficient (Wildman–Crippen LogP) is 2.28. The van der Waals surface area contributed by atoms with Gasteiger partial charge in [-0.25, -0.2) is 0 Å². The van der Waals surface area contributed by atoms with E-state index in [1.165, 1.54) is 7.11 Å². The second-order valence-corrected chi connectivity index (χ2v) is 15.5. The smallest absolute Gasteiger partial charge is 0.311 e. The van der Waals surface area contributed by atoms with E-state index in [2.05, 4.69) is 0 Å². The SMILES string of the molecule is CC[C@H]1OC(=O)[C@H](C)[C@@H](O[C@H]2C[C@@](C)(OC)[C@@H](O)[C@H](C)O2)[C@H](C)[C@@H](O[C@@H]2O[C@H](C)C[C@H](N(C)C)[C@H]2O)[C@H](O)C[C@H](C)C(=O)[C@H](C)[C@@H](O)C1C. The second-order valence-electron chi connectivity index (χ2n) is 15.5. The van der Waals surface area contributed by atoms with Gasteiger partial charge in [-0.3, -0.25) is 9.59 Å². The summed E-state index contributed by atoms with van der Waals surface area (Å²) in [6, 6.07) is -0.285. The van der Waals surface area contributed by atoms with Crippen molar-refractivity contribution in [3.05, 3.63) is 0 Å². The molecule has 4 N–H and O–H groups in total. The summed E-state index contributed by atoms with van der Waals surface area (Å²) in [6.45, 7) is 15.8. The van der Waals surface area contributed by atoms with Crippen LogP contribution in [-0.2, 0) is 38.0 Å². The monoisotopic (exact) mass is 703 g/mol. The first kappa shape index (κ1) is 42.2. The first-order valence-corrected chi connectivity index (χ1v) is 18.1. The van der Waals surface area contributed by atoms with Crippen molar-refractivity contribution in [2.24, 2.45) is 29.6 Å². The first-order chi connectivity index (χ1) is 22.8. The zero-order chi connectivity index (χ0) is 37.1. The van der Waals surface area contributed by atoms with Crippen LogP contribution < -0.4 is 0 Å². The molecule has 0 aromatic heterocycles. The Bertz CT molecular complexity index is 1080. The molecule has 0 amide bonds. The van der Waals surface area contributed by atoms with Gasteiger partial charge in [0.25, 0.3) is 0 Å². The van der Waals surface area contributed by atoms with E-state index < -0.39 is 103 Å². The van der Waals surface area contributed by atoms with Crippen molar-refractivity contribution >= 4 is 11.8 Å². The van der Waals surface area contributed by atoms with Crippen LogP contribution in [0.15, 0.2) is 0 Å². The van der Waals surface area contributed by atoms with Crippen molar-refractivity contribution in [2.75, 3.05) is 21.2 Å². The van der Waals surface area contributed by atoms with Gasteiger partial charge in [0.2, 0.25) is 0 Å². The average Bonchev–Trinajstić information content (AvgIpc) is 3.05. The number of hydrogen-bond acceptors (Lipinski definition) is 13. The number of cyclic esters (lactones) is 1. The number of carbonyl (C=O) groups excluding carboxylic acids is 2. The molecule has 0 aromatic rings. The van der Waals surface area contributed by atoms with E-state index in [0.717, 1.165) is 0 Å². The van der Waals surface area contributed by atoms with Crippen LogP contribution in [0.5, 0.6) is 0 Å². The van der Waals surface area contributed by atoms with E-state index in [-0.39, 0.29) is 30.8 Å². The second kappa shape index (κ2) is 17.5. The van der Waals surface area contributed by atoms with Gasteiger partial charge in [-0.2, -0.15) is 0 Å². The molecule has 1 unspecified atom stereocenters. The van der Waals surface area contributed by atoms with Crippen molar-refractivity contribution in [3.63, 3.8) is 0 Å². The quantitative estimate of drug-likeness (QED) is 0.285. The van der Waals surface area contributed by atoms with E-state index in [9.17, 15) is 30.0 Å². The molecule has 0 aromatic carbocycles. The molecule has 3 aliphatic rings. The molecule has 0 saturated carbocycles. The number of nitrogens with zero attached hydrogens (tertiary/aromatic N) is 1. The van der Waals surface area contributed by atoms with Gasteiger partial charge in [-0.05, 0) is 61.1 Å². The largest absolute Gasteiger partial charge is 0.462 e. The van der Waals surface area contributed by atoms with Gasteiger partial charge in [-0.1, -0.05) is 34.6 Å². The minimum Gasteiger partial charge on any atom is -0.462 e. The first-order valence-electron chi connectivity index (χ1n) is 18.1. The Morgan fingerprint density at radius 2 is 1.49 bits per heavy atom. The van der Waals surface area contributed by atoms with E-state index in [4.69, 9.17) is 28.4 Å². The fraction of sp³-hybridized carbons (Fsp3) is 0.944. The van der Waals surface area contributed by atoms with Crippen LogP contribution in [0.4, 0.5) is 0 Å². The lowest BCUT2D eigenvalue weighted by molar-refractivity contribution is -0.311. The minimum absolute atomic E-state index is 0.0115. The zero-order valence-electron chi connectivity index (χ0n) is 31.6. The average molecular weight is 704 g/mol. The fourth-order valence-corrected chi connectivity index (χ4v) is 7.89. The highest BCUT2D eigenvalue weighted by Crippen LogP contribution is 2.38. The van der Waals surface area contributed by atoms with E-state index in [1.807, 2.05) is 32.8 Å². The molecule has 49 heavy (non-hydrogen) atoms. The van der Waals surface area contributed by atoms with Crippen LogP contribution in [0.3, 0.4) is 0 Å². The van der Waals surface area contributed by atoms with Gasteiger partial charge in [-0.15, -0.1) is 0 Å². The van der Waals surface area contributed by atoms with E-state index in [1.54, 1.807) is 48.5 Å². The zero-order valence-corrected chi connectivity index (χ0v) is 31.6. The Labute approximate surface area is 292 Å². The number of ether oxygens (including phenoxy) is 6. The topological polar surface area (TPSA) is 174 Å². The molecule has 0 spiro atoms. The summed E-state index contributed by atoms with van der Waals surface area (Å²) >= 11 is 0. The summed E-state index contributed by atoms with van der Waals surface area (Å²) in [7, 11) is 5.23. The highest BCUT2D eigenvalue weighted by molar-refractivity contribution is 5.83. The number of rotatable bonds is 7. The molecule has 3 aliphatic heterocycles. The van der Waals surface area contributed by atoms with Gasteiger partial charge in [0, 0.05) is 43.2 Å². The van der Waals surface area contributed by atoms with Crippen LogP contribution in [0.25, 0.3) is 0 Å². The van der Waals surface area contributed by atoms with Gasteiger partial charge < -0.3 is 53.7 Å². The van der Waals surface area contributed by atoms with Crippen LogP contribution in [0, 0.1) is 29.6 Å². The molecule has 0 aliphatic carbocycles. The highest BCUT2D eigenvalue weighted by Gasteiger charge is 2.50. The Morgan fingerprint density at radius 1 is 0.857 bits per heavy atom. The highest BCUT2D eigenvalue weighted by atomic mass is 16.7. The standard InChI is InChI=1S/C36H65NO12/c1-13-26-19(4)29(40)20(5)28(39)17(2)14-25(38)32(49-35-30(41)24(37(10)11)15-18(3)45-35)21(6)31(22(7)34(43)47-26)48-27-16-36(9,44-12)33(42)23(8)46-27/h17-27,29-33,35,38,40-42H,13-16H2,1-12H3/t17-,18+,19?,20-,21-,22+,23-,24-,25+,26+,27-,29-,30+,31-,32+,33-,35-,36+/m0/s1. The van der Waals surface area contributed by atoms with Gasteiger partial charge in [0.1, 0.15) is 24.1 Å². The molecule has 0 radical (unpaired) electrons. The molecule has 13 nitrogen and oxygen atoms in total. The Morgan fingerprint density at radius 3 is 2.06 bits per heavy atom. The maximum Gasteiger partial charge on any atom is 0.311 e. The Kier molecular flexibility index (Phi) is 15.1. The summed E-state index contributed by atoms with van der Waals surface area (Å²) in [5.41, 5.74) is -1.00. The van der Waals surface area contributed by atoms with E-state index in [0.29, 0.717) is 12.8 Å². The maximum atomic E-state index is 14.0. The number of aliphatic hydroxyl groups excluding tert-OH is 4. The van der Waals surface area contributed by atoms with Crippen molar-refractivity contribution in [3.8, 4) is 0 Å². The third kappa shape index (κ3) is 9.60. The number of esters is 1. The molecule has 13 heteroatoms. The van der Waals surface area contributed by atoms with Crippen molar-refractivity contribution in [2.45, 2.75) is 167 Å². The summed E-state index contributed by atoms with van der Waals surface area (Å²) < 4.78 is 37.1. The normalized spacial score (nSPS) is 48.2. The van der Waals surface area contributed by atoms with Crippen molar-refractivity contribution < 1.29 is 58.4 Å². The summed E-state index contributed by atoms with van der Waals surface area (Å²) in [5, 5.41) is 45.4. The lowest BCUT2D eigenvalue weighted by atomic mass is 9.79. The number of methoxy groups -OCH3 is 1. The number of carbonyl (C=O) groups is 2. The molecular formula is C36H65NO12. The summed E-state index contributed by atoms with van der Waals surface area (Å²) in [4.78, 5) is 29.5. The van der Waals surface area contributed by atoms with Crippen LogP contribution >= 0.6 is 0 Å². The predicted molar refractivity (Wildman–Crippen MR) is 180 cm³/mol. The third-order valence-corrected chi connectivity index (χ3v) is 11.5. The van der Waals surface area contributed by atoms with Crippen LogP contribution in [-0.4, -0.2) is 137 Å². The molecule has 3 rings (SSSR count). The van der Waals surface area contributed by atoms with Gasteiger partial charge in [0.05, 0.1) is 48.1 Å². The van der Waals surface area contributed by atoms with Crippen molar-refractivity contribution in [1.29, 1.82) is 0 Å². The molecule has 286 valence electrons. The van der Waals surface area contributed by atoms with E-state index >= 15 is 0 Å². The third-order valence-electron chi connectivity index (χ3n) is 11.5.